The third-order valence-electron chi connectivity index (χ3n) is 3.30. The Hall–Kier alpha value is -1.67. The van der Waals surface area contributed by atoms with Crippen LogP contribution in [0.1, 0.15) is 19.8 Å². The van der Waals surface area contributed by atoms with Gasteiger partial charge in [0.2, 0.25) is 0 Å². The maximum atomic E-state index is 12.1. The van der Waals surface area contributed by atoms with Crippen molar-refractivity contribution in [3.63, 3.8) is 0 Å². The Labute approximate surface area is 123 Å². The number of nitrogens with one attached hydrogen (secondary N) is 1. The van der Waals surface area contributed by atoms with E-state index in [2.05, 4.69) is 10.1 Å². The van der Waals surface area contributed by atoms with Crippen LogP contribution in [-0.4, -0.2) is 67.4 Å². The second-order valence-corrected chi connectivity index (χ2v) is 5.00. The number of amides is 3. The maximum Gasteiger partial charge on any atom is 0.329 e. The number of hydrogen-bond donors (Lipinski definition) is 2. The highest BCUT2D eigenvalue weighted by molar-refractivity contribution is 5.95. The van der Waals surface area contributed by atoms with Gasteiger partial charge in [0.05, 0.1) is 6.61 Å². The lowest BCUT2D eigenvalue weighted by Crippen LogP contribution is -2.49. The number of ether oxygens (including phenoxy) is 2. The molecule has 1 saturated carbocycles. The van der Waals surface area contributed by atoms with Crippen molar-refractivity contribution in [1.29, 1.82) is 0 Å². The van der Waals surface area contributed by atoms with Gasteiger partial charge in [-0.15, -0.1) is 0 Å². The molecule has 0 spiro atoms. The van der Waals surface area contributed by atoms with E-state index in [4.69, 9.17) is 9.84 Å². The quantitative estimate of drug-likeness (QED) is 0.624. The number of aliphatic carboxylic acids is 1. The van der Waals surface area contributed by atoms with Gasteiger partial charge in [0.1, 0.15) is 13.2 Å². The summed E-state index contributed by atoms with van der Waals surface area (Å²) in [4.78, 5) is 35.4. The first-order valence-corrected chi connectivity index (χ1v) is 6.84. The third kappa shape index (κ3) is 6.54. The summed E-state index contributed by atoms with van der Waals surface area (Å²) in [6.07, 6.45) is 2.15. The van der Waals surface area contributed by atoms with Crippen LogP contribution in [0.3, 0.4) is 0 Å². The van der Waals surface area contributed by atoms with Crippen molar-refractivity contribution in [2.24, 2.45) is 5.92 Å². The number of rotatable bonds is 9. The van der Waals surface area contributed by atoms with Crippen LogP contribution in [-0.2, 0) is 19.1 Å². The summed E-state index contributed by atoms with van der Waals surface area (Å²) in [5.74, 6) is -1.36. The van der Waals surface area contributed by atoms with Crippen molar-refractivity contribution in [2.75, 3.05) is 33.5 Å². The summed E-state index contributed by atoms with van der Waals surface area (Å²) in [7, 11) is 1.54. The van der Waals surface area contributed by atoms with Gasteiger partial charge in [-0.1, -0.05) is 0 Å². The zero-order valence-corrected chi connectivity index (χ0v) is 12.3. The highest BCUT2D eigenvalue weighted by Gasteiger charge is 2.34. The van der Waals surface area contributed by atoms with E-state index in [1.807, 2.05) is 6.92 Å². The van der Waals surface area contributed by atoms with Crippen molar-refractivity contribution in [3.05, 3.63) is 0 Å². The van der Waals surface area contributed by atoms with Gasteiger partial charge in [0, 0.05) is 19.7 Å². The summed E-state index contributed by atoms with van der Waals surface area (Å²) in [5, 5.41) is 10.6. The van der Waals surface area contributed by atoms with E-state index in [9.17, 15) is 14.4 Å². The first-order valence-electron chi connectivity index (χ1n) is 6.84. The molecule has 0 aromatic carbocycles. The molecule has 8 nitrogen and oxygen atoms in total. The molecule has 1 atom stereocenters. The number of carbonyl (C=O) groups is 3. The molecule has 0 aliphatic heterocycles. The highest BCUT2D eigenvalue weighted by Crippen LogP contribution is 2.35. The minimum Gasteiger partial charge on any atom is -0.480 e. The van der Waals surface area contributed by atoms with Crippen molar-refractivity contribution in [2.45, 2.75) is 25.8 Å². The van der Waals surface area contributed by atoms with Gasteiger partial charge in [-0.05, 0) is 25.7 Å². The average molecular weight is 302 g/mol. The van der Waals surface area contributed by atoms with Gasteiger partial charge in [-0.25, -0.2) is 9.59 Å². The molecule has 2 N–H and O–H groups in total. The number of imide groups is 1. The second kappa shape index (κ2) is 8.58. The number of nitrogens with zero attached hydrogens (tertiary/aromatic N) is 1. The average Bonchev–Trinajstić information content (AvgIpc) is 3.22. The molecule has 1 unspecified atom stereocenters. The molecule has 0 aromatic rings. The number of carbonyl (C=O) groups excluding carboxylic acids is 2. The van der Waals surface area contributed by atoms with E-state index in [0.717, 1.165) is 12.8 Å². The number of methoxy groups -OCH3 is 1. The molecular formula is C13H22N2O6. The zero-order valence-electron chi connectivity index (χ0n) is 12.3. The molecule has 1 aliphatic carbocycles. The van der Waals surface area contributed by atoms with E-state index >= 15 is 0 Å². The number of hydrogen-bond acceptors (Lipinski definition) is 5. The van der Waals surface area contributed by atoms with Crippen molar-refractivity contribution >= 4 is 17.9 Å². The van der Waals surface area contributed by atoms with Crippen LogP contribution in [0.2, 0.25) is 0 Å². The van der Waals surface area contributed by atoms with Crippen LogP contribution >= 0.6 is 0 Å². The van der Waals surface area contributed by atoms with Gasteiger partial charge >= 0.3 is 12.0 Å². The monoisotopic (exact) mass is 302 g/mol. The fraction of sp³-hybridized carbons (Fsp3) is 0.769. The van der Waals surface area contributed by atoms with Gasteiger partial charge in [0.15, 0.2) is 0 Å². The Morgan fingerprint density at radius 2 is 2.00 bits per heavy atom. The lowest BCUT2D eigenvalue weighted by atomic mass is 10.2. The molecule has 0 aromatic heterocycles. The largest absolute Gasteiger partial charge is 0.480 e. The zero-order chi connectivity index (χ0) is 15.8. The van der Waals surface area contributed by atoms with Crippen molar-refractivity contribution in [1.82, 2.24) is 10.2 Å². The highest BCUT2D eigenvalue weighted by atomic mass is 16.5. The topological polar surface area (TPSA) is 105 Å². The van der Waals surface area contributed by atoms with E-state index in [1.165, 1.54) is 0 Å². The van der Waals surface area contributed by atoms with E-state index in [1.54, 1.807) is 12.0 Å². The molecule has 3 amide bonds. The van der Waals surface area contributed by atoms with Gasteiger partial charge in [-0.2, -0.15) is 0 Å². The molecule has 0 bridgehead atoms. The lowest BCUT2D eigenvalue weighted by molar-refractivity contribution is -0.143. The number of carboxylic acid groups (broad SMARTS) is 1. The van der Waals surface area contributed by atoms with Crippen molar-refractivity contribution < 1.29 is 29.0 Å². The summed E-state index contributed by atoms with van der Waals surface area (Å²) < 4.78 is 9.60. The molecule has 0 saturated heterocycles. The fourth-order valence-electron chi connectivity index (χ4n) is 1.97. The van der Waals surface area contributed by atoms with Gasteiger partial charge in [-0.3, -0.25) is 10.1 Å². The first-order chi connectivity index (χ1) is 9.95. The van der Waals surface area contributed by atoms with Crippen LogP contribution in [0.25, 0.3) is 0 Å². The second-order valence-electron chi connectivity index (χ2n) is 5.00. The molecular weight excluding hydrogens is 280 g/mol. The number of carboxylic acids is 1. The Balaban J connectivity index is 2.43. The van der Waals surface area contributed by atoms with Crippen LogP contribution in [0.15, 0.2) is 0 Å². The normalized spacial score (nSPS) is 15.3. The third-order valence-corrected chi connectivity index (χ3v) is 3.30. The predicted octanol–water partition coefficient (Wildman–Crippen LogP) is 0.0707. The summed E-state index contributed by atoms with van der Waals surface area (Å²) >= 11 is 0. The molecule has 1 rings (SSSR count). The van der Waals surface area contributed by atoms with Crippen LogP contribution < -0.4 is 5.32 Å². The molecule has 8 heteroatoms. The standard InChI is InChI=1S/C13H22N2O6/c1-9(10-3-4-10)15(5-6-20-2)13(19)14-11(16)7-21-8-12(17)18/h9-10H,3-8H2,1-2H3,(H,17,18)(H,14,16,19). The Kier molecular flexibility index (Phi) is 7.10. The Morgan fingerprint density at radius 1 is 1.33 bits per heavy atom. The molecule has 0 radical (unpaired) electrons. The van der Waals surface area contributed by atoms with E-state index in [-0.39, 0.29) is 6.04 Å². The molecule has 21 heavy (non-hydrogen) atoms. The molecule has 120 valence electrons. The summed E-state index contributed by atoms with van der Waals surface area (Å²) in [5.41, 5.74) is 0. The van der Waals surface area contributed by atoms with Gasteiger partial charge in [0.25, 0.3) is 5.91 Å². The Bertz CT molecular complexity index is 383. The predicted molar refractivity (Wildman–Crippen MR) is 72.8 cm³/mol. The maximum absolute atomic E-state index is 12.1. The first kappa shape index (κ1) is 17.4. The summed E-state index contributed by atoms with van der Waals surface area (Å²) in [6.45, 7) is 1.68. The molecule has 0 heterocycles. The minimum absolute atomic E-state index is 0.0351. The van der Waals surface area contributed by atoms with E-state index in [0.29, 0.717) is 19.1 Å². The molecule has 1 aliphatic rings. The van der Waals surface area contributed by atoms with E-state index < -0.39 is 31.1 Å². The van der Waals surface area contributed by atoms with Crippen LogP contribution in [0.5, 0.6) is 0 Å². The molecule has 1 fully saturated rings. The Morgan fingerprint density at radius 3 is 2.52 bits per heavy atom. The van der Waals surface area contributed by atoms with Crippen molar-refractivity contribution in [3.8, 4) is 0 Å². The SMILES string of the molecule is COCCN(C(=O)NC(=O)COCC(=O)O)C(C)C1CC1. The van der Waals surface area contributed by atoms with Crippen LogP contribution in [0, 0.1) is 5.92 Å². The fourth-order valence-corrected chi connectivity index (χ4v) is 1.97. The smallest absolute Gasteiger partial charge is 0.329 e. The van der Waals surface area contributed by atoms with Crippen LogP contribution in [0.4, 0.5) is 4.79 Å². The minimum atomic E-state index is -1.17. The summed E-state index contributed by atoms with van der Waals surface area (Å²) in [6, 6.07) is -0.469. The number of urea groups is 1. The lowest BCUT2D eigenvalue weighted by Gasteiger charge is -2.29. The van der Waals surface area contributed by atoms with Gasteiger partial charge < -0.3 is 19.5 Å².